The fraction of sp³-hybridized carbons (Fsp3) is 0.364. The van der Waals surface area contributed by atoms with Crippen LogP contribution in [0.3, 0.4) is 0 Å². The summed E-state index contributed by atoms with van der Waals surface area (Å²) in [5.74, 6) is -1.95. The molecule has 0 atom stereocenters. The minimum atomic E-state index is -0.866. The molecule has 0 aliphatic carbocycles. The highest BCUT2D eigenvalue weighted by atomic mass is 19.1. The van der Waals surface area contributed by atoms with E-state index in [1.54, 1.807) is 0 Å². The summed E-state index contributed by atoms with van der Waals surface area (Å²) in [6.45, 7) is 4.91. The van der Waals surface area contributed by atoms with Crippen LogP contribution in [0.25, 0.3) is 0 Å². The zero-order chi connectivity index (χ0) is 20.3. The molecule has 0 aromatic heterocycles. The van der Waals surface area contributed by atoms with Gasteiger partial charge in [-0.15, -0.1) is 0 Å². The summed E-state index contributed by atoms with van der Waals surface area (Å²) in [5.41, 5.74) is 1.78. The van der Waals surface area contributed by atoms with Crippen LogP contribution in [-0.2, 0) is 4.79 Å². The Balaban J connectivity index is 1.58. The van der Waals surface area contributed by atoms with Gasteiger partial charge in [0.05, 0.1) is 5.56 Å². The second-order valence-corrected chi connectivity index (χ2v) is 7.46. The Bertz CT molecular complexity index is 875. The Kier molecular flexibility index (Phi) is 6.07. The highest BCUT2D eigenvalue weighted by molar-refractivity contribution is 5.95. The first kappa shape index (κ1) is 20.0. The van der Waals surface area contributed by atoms with Crippen LogP contribution in [0.5, 0.6) is 0 Å². The van der Waals surface area contributed by atoms with Gasteiger partial charge in [0.15, 0.2) is 0 Å². The van der Waals surface area contributed by atoms with Gasteiger partial charge in [-0.25, -0.2) is 8.78 Å². The molecular formula is C22H24F2N2O2. The van der Waals surface area contributed by atoms with E-state index in [0.717, 1.165) is 23.4 Å². The van der Waals surface area contributed by atoms with Crippen LogP contribution < -0.4 is 5.32 Å². The highest BCUT2D eigenvalue weighted by Crippen LogP contribution is 2.23. The molecule has 1 aliphatic rings. The maximum absolute atomic E-state index is 13.8. The third-order valence-corrected chi connectivity index (χ3v) is 5.14. The Morgan fingerprint density at radius 3 is 2.43 bits per heavy atom. The van der Waals surface area contributed by atoms with E-state index in [9.17, 15) is 18.4 Å². The van der Waals surface area contributed by atoms with Gasteiger partial charge in [-0.3, -0.25) is 9.59 Å². The molecule has 0 spiro atoms. The van der Waals surface area contributed by atoms with E-state index >= 15 is 0 Å². The average molecular weight is 386 g/mol. The van der Waals surface area contributed by atoms with E-state index in [1.165, 1.54) is 4.90 Å². The molecular weight excluding hydrogens is 362 g/mol. The van der Waals surface area contributed by atoms with Crippen molar-refractivity contribution < 1.29 is 18.4 Å². The standard InChI is InChI=1S/C22H24F2N2O2/c1-14(2)16-4-3-5-18(12-16)25-21(27)15-8-10-26(11-9-15)22(28)19-7-6-17(23)13-20(19)24/h3-7,12-15H,8-11H2,1-2H3,(H,25,27). The first-order chi connectivity index (χ1) is 13.3. The SMILES string of the molecule is CC(C)c1cccc(NC(=O)C2CCN(C(=O)c3ccc(F)cc3F)CC2)c1. The molecule has 2 aromatic rings. The van der Waals surface area contributed by atoms with Gasteiger partial charge in [0, 0.05) is 30.8 Å². The summed E-state index contributed by atoms with van der Waals surface area (Å²) in [6.07, 6.45) is 1.01. The zero-order valence-corrected chi connectivity index (χ0v) is 16.0. The molecule has 6 heteroatoms. The number of piperidine rings is 1. The lowest BCUT2D eigenvalue weighted by molar-refractivity contribution is -0.121. The zero-order valence-electron chi connectivity index (χ0n) is 16.0. The van der Waals surface area contributed by atoms with Crippen LogP contribution in [0.1, 0.15) is 48.5 Å². The first-order valence-corrected chi connectivity index (χ1v) is 9.50. The van der Waals surface area contributed by atoms with Crippen LogP contribution >= 0.6 is 0 Å². The number of nitrogens with one attached hydrogen (secondary N) is 1. The second-order valence-electron chi connectivity index (χ2n) is 7.46. The molecule has 1 saturated heterocycles. The molecule has 28 heavy (non-hydrogen) atoms. The first-order valence-electron chi connectivity index (χ1n) is 9.50. The number of rotatable bonds is 4. The van der Waals surface area contributed by atoms with E-state index < -0.39 is 17.5 Å². The molecule has 2 aromatic carbocycles. The summed E-state index contributed by atoms with van der Waals surface area (Å²) in [5, 5.41) is 2.95. The Labute approximate surface area is 163 Å². The van der Waals surface area contributed by atoms with E-state index in [1.807, 2.05) is 24.3 Å². The maximum atomic E-state index is 13.8. The lowest BCUT2D eigenvalue weighted by Crippen LogP contribution is -2.41. The summed E-state index contributed by atoms with van der Waals surface area (Å²) in [6, 6.07) is 10.7. The molecule has 4 nitrogen and oxygen atoms in total. The number of hydrogen-bond donors (Lipinski definition) is 1. The van der Waals surface area contributed by atoms with Crippen molar-refractivity contribution in [3.8, 4) is 0 Å². The number of amides is 2. The second kappa shape index (κ2) is 8.50. The van der Waals surface area contributed by atoms with Crippen molar-refractivity contribution >= 4 is 17.5 Å². The highest BCUT2D eigenvalue weighted by Gasteiger charge is 2.29. The van der Waals surface area contributed by atoms with Crippen molar-refractivity contribution in [2.75, 3.05) is 18.4 Å². The minimum Gasteiger partial charge on any atom is -0.339 e. The van der Waals surface area contributed by atoms with Crippen molar-refractivity contribution in [1.82, 2.24) is 4.90 Å². The molecule has 1 N–H and O–H groups in total. The molecule has 0 bridgehead atoms. The van der Waals surface area contributed by atoms with Gasteiger partial charge in [0.25, 0.3) is 5.91 Å². The van der Waals surface area contributed by atoms with Gasteiger partial charge in [-0.1, -0.05) is 26.0 Å². The molecule has 0 unspecified atom stereocenters. The Morgan fingerprint density at radius 2 is 1.79 bits per heavy atom. The number of halogens is 2. The molecule has 0 saturated carbocycles. The number of hydrogen-bond acceptors (Lipinski definition) is 2. The molecule has 2 amide bonds. The van der Waals surface area contributed by atoms with Gasteiger partial charge in [0.2, 0.25) is 5.91 Å². The topological polar surface area (TPSA) is 49.4 Å². The number of likely N-dealkylation sites (tertiary alicyclic amines) is 1. The Hall–Kier alpha value is -2.76. The van der Waals surface area contributed by atoms with Crippen molar-refractivity contribution in [1.29, 1.82) is 0 Å². The molecule has 1 aliphatic heterocycles. The van der Waals surface area contributed by atoms with Gasteiger partial charge >= 0.3 is 0 Å². The van der Waals surface area contributed by atoms with E-state index in [0.29, 0.717) is 37.9 Å². The van der Waals surface area contributed by atoms with Crippen LogP contribution in [0.15, 0.2) is 42.5 Å². The number of anilines is 1. The van der Waals surface area contributed by atoms with E-state index in [-0.39, 0.29) is 17.4 Å². The minimum absolute atomic E-state index is 0.0685. The van der Waals surface area contributed by atoms with Crippen LogP contribution in [0.2, 0.25) is 0 Å². The smallest absolute Gasteiger partial charge is 0.256 e. The molecule has 1 fully saturated rings. The third kappa shape index (κ3) is 4.55. The molecule has 148 valence electrons. The third-order valence-electron chi connectivity index (χ3n) is 5.14. The average Bonchev–Trinajstić information content (AvgIpc) is 2.68. The summed E-state index contributed by atoms with van der Waals surface area (Å²) in [4.78, 5) is 26.5. The number of benzene rings is 2. The molecule has 0 radical (unpaired) electrons. The lowest BCUT2D eigenvalue weighted by atomic mass is 9.95. The van der Waals surface area contributed by atoms with Gasteiger partial charge in [-0.2, -0.15) is 0 Å². The van der Waals surface area contributed by atoms with Crippen molar-refractivity contribution in [3.63, 3.8) is 0 Å². The normalized spacial score (nSPS) is 15.0. The Morgan fingerprint density at radius 1 is 1.07 bits per heavy atom. The fourth-order valence-corrected chi connectivity index (χ4v) is 3.40. The number of nitrogens with zero attached hydrogens (tertiary/aromatic N) is 1. The lowest BCUT2D eigenvalue weighted by Gasteiger charge is -2.31. The predicted octanol–water partition coefficient (Wildman–Crippen LogP) is 4.58. The van der Waals surface area contributed by atoms with Crippen LogP contribution in [0.4, 0.5) is 14.5 Å². The number of carbonyl (C=O) groups excluding carboxylic acids is 2. The molecule has 1 heterocycles. The maximum Gasteiger partial charge on any atom is 0.256 e. The largest absolute Gasteiger partial charge is 0.339 e. The van der Waals surface area contributed by atoms with Crippen LogP contribution in [0, 0.1) is 17.6 Å². The summed E-state index contributed by atoms with van der Waals surface area (Å²) >= 11 is 0. The van der Waals surface area contributed by atoms with Crippen molar-refractivity contribution in [2.45, 2.75) is 32.6 Å². The fourth-order valence-electron chi connectivity index (χ4n) is 3.40. The summed E-state index contributed by atoms with van der Waals surface area (Å²) < 4.78 is 26.9. The molecule has 3 rings (SSSR count). The monoisotopic (exact) mass is 386 g/mol. The number of carbonyl (C=O) groups is 2. The van der Waals surface area contributed by atoms with Gasteiger partial charge in [0.1, 0.15) is 11.6 Å². The van der Waals surface area contributed by atoms with Gasteiger partial charge in [-0.05, 0) is 48.6 Å². The predicted molar refractivity (Wildman–Crippen MR) is 104 cm³/mol. The van der Waals surface area contributed by atoms with Crippen molar-refractivity contribution in [3.05, 3.63) is 65.2 Å². The van der Waals surface area contributed by atoms with Gasteiger partial charge < -0.3 is 10.2 Å². The van der Waals surface area contributed by atoms with Crippen molar-refractivity contribution in [2.24, 2.45) is 5.92 Å². The summed E-state index contributed by atoms with van der Waals surface area (Å²) in [7, 11) is 0. The van der Waals surface area contributed by atoms with E-state index in [4.69, 9.17) is 0 Å². The van der Waals surface area contributed by atoms with E-state index in [2.05, 4.69) is 19.2 Å². The van der Waals surface area contributed by atoms with Crippen LogP contribution in [-0.4, -0.2) is 29.8 Å². The quantitative estimate of drug-likeness (QED) is 0.836.